The Kier molecular flexibility index (Phi) is 4.46. The monoisotopic (exact) mass is 343 g/mol. The molecule has 1 heterocycles. The normalized spacial score (nSPS) is 11.6. The summed E-state index contributed by atoms with van der Waals surface area (Å²) in [5.41, 5.74) is 3.03. The molecule has 0 fully saturated rings. The summed E-state index contributed by atoms with van der Waals surface area (Å²) in [6.45, 7) is 1.83. The highest BCUT2D eigenvalue weighted by Gasteiger charge is 2.23. The van der Waals surface area contributed by atoms with E-state index in [-0.39, 0.29) is 17.5 Å². The summed E-state index contributed by atoms with van der Waals surface area (Å²) >= 11 is 0. The van der Waals surface area contributed by atoms with Crippen LogP contribution in [0.15, 0.2) is 60.0 Å². The molecule has 0 radical (unpaired) electrons. The van der Waals surface area contributed by atoms with Crippen molar-refractivity contribution >= 4 is 9.84 Å². The van der Waals surface area contributed by atoms with Crippen LogP contribution in [-0.2, 0) is 22.2 Å². The summed E-state index contributed by atoms with van der Waals surface area (Å²) in [6.07, 6.45) is 1.41. The summed E-state index contributed by atoms with van der Waals surface area (Å²) in [5.74, 6) is -0.177. The molecule has 2 aromatic carbocycles. The van der Waals surface area contributed by atoms with E-state index in [2.05, 4.69) is 10.2 Å². The molecule has 0 aliphatic carbocycles. The molecule has 0 aliphatic rings. The lowest BCUT2D eigenvalue weighted by atomic mass is 10.2. The van der Waals surface area contributed by atoms with Crippen LogP contribution in [0.5, 0.6) is 0 Å². The molecule has 1 N–H and O–H groups in total. The zero-order valence-corrected chi connectivity index (χ0v) is 13.9. The van der Waals surface area contributed by atoms with Gasteiger partial charge in [0.05, 0.1) is 18.0 Å². The number of aromatic nitrogens is 3. The van der Waals surface area contributed by atoms with E-state index in [1.54, 1.807) is 24.3 Å². The van der Waals surface area contributed by atoms with Crippen LogP contribution >= 0.6 is 0 Å². The van der Waals surface area contributed by atoms with Crippen LogP contribution in [0, 0.1) is 6.92 Å². The van der Waals surface area contributed by atoms with Crippen molar-refractivity contribution in [1.29, 1.82) is 0 Å². The molecule has 0 amide bonds. The van der Waals surface area contributed by atoms with Gasteiger partial charge in [0.25, 0.3) is 5.16 Å². The minimum absolute atomic E-state index is 0.0748. The first-order chi connectivity index (χ1) is 11.5. The van der Waals surface area contributed by atoms with Crippen LogP contribution in [-0.4, -0.2) is 28.3 Å². The number of hydrogen-bond acceptors (Lipinski definition) is 5. The standard InChI is InChI=1S/C17H17N3O3S/c1-13-4-2-3-5-16(13)20-12-18-19-17(20)24(22,23)11-15-8-6-14(10-21)7-9-15/h2-9,12,21H,10-11H2,1H3. The average molecular weight is 343 g/mol. The van der Waals surface area contributed by atoms with Crippen LogP contribution in [0.3, 0.4) is 0 Å². The van der Waals surface area contributed by atoms with Gasteiger partial charge < -0.3 is 5.11 Å². The lowest BCUT2D eigenvalue weighted by Crippen LogP contribution is -2.12. The van der Waals surface area contributed by atoms with Crippen molar-refractivity contribution in [3.63, 3.8) is 0 Å². The summed E-state index contributed by atoms with van der Waals surface area (Å²) in [7, 11) is -3.66. The summed E-state index contributed by atoms with van der Waals surface area (Å²) in [5, 5.41) is 16.6. The lowest BCUT2D eigenvalue weighted by Gasteiger charge is -2.10. The van der Waals surface area contributed by atoms with Crippen molar-refractivity contribution in [3.8, 4) is 5.69 Å². The quantitative estimate of drug-likeness (QED) is 0.766. The van der Waals surface area contributed by atoms with Gasteiger partial charge in [-0.05, 0) is 29.7 Å². The molecule has 1 aromatic heterocycles. The van der Waals surface area contributed by atoms with Gasteiger partial charge in [-0.2, -0.15) is 0 Å². The Morgan fingerprint density at radius 2 is 1.71 bits per heavy atom. The maximum absolute atomic E-state index is 12.7. The molecule has 0 saturated heterocycles. The van der Waals surface area contributed by atoms with Gasteiger partial charge >= 0.3 is 0 Å². The topological polar surface area (TPSA) is 85.1 Å². The Hall–Kier alpha value is -2.51. The van der Waals surface area contributed by atoms with Crippen LogP contribution in [0.25, 0.3) is 5.69 Å². The minimum Gasteiger partial charge on any atom is -0.392 e. The van der Waals surface area contributed by atoms with Gasteiger partial charge in [-0.15, -0.1) is 10.2 Å². The Balaban J connectivity index is 1.96. The number of para-hydroxylation sites is 1. The number of nitrogens with zero attached hydrogens (tertiary/aromatic N) is 3. The predicted molar refractivity (Wildman–Crippen MR) is 89.4 cm³/mol. The Morgan fingerprint density at radius 1 is 1.04 bits per heavy atom. The molecule has 3 aromatic rings. The molecule has 0 saturated carbocycles. The fourth-order valence-corrected chi connectivity index (χ4v) is 3.84. The van der Waals surface area contributed by atoms with Crippen molar-refractivity contribution in [1.82, 2.24) is 14.8 Å². The predicted octanol–water partition coefficient (Wildman–Crippen LogP) is 2.04. The Morgan fingerprint density at radius 3 is 2.38 bits per heavy atom. The fourth-order valence-electron chi connectivity index (χ4n) is 2.46. The number of hydrogen-bond donors (Lipinski definition) is 1. The van der Waals surface area contributed by atoms with Crippen molar-refractivity contribution in [2.75, 3.05) is 0 Å². The van der Waals surface area contributed by atoms with E-state index in [0.717, 1.165) is 16.8 Å². The summed E-state index contributed by atoms with van der Waals surface area (Å²) in [4.78, 5) is 0. The third-order valence-corrected chi connectivity index (χ3v) is 5.28. The first-order valence-electron chi connectivity index (χ1n) is 7.39. The number of sulfone groups is 1. The van der Waals surface area contributed by atoms with E-state index < -0.39 is 9.84 Å². The lowest BCUT2D eigenvalue weighted by molar-refractivity contribution is 0.282. The molecule has 7 heteroatoms. The van der Waals surface area contributed by atoms with E-state index in [1.807, 2.05) is 31.2 Å². The van der Waals surface area contributed by atoms with E-state index in [0.29, 0.717) is 5.56 Å². The Bertz CT molecular complexity index is 947. The van der Waals surface area contributed by atoms with E-state index in [4.69, 9.17) is 5.11 Å². The molecular formula is C17H17N3O3S. The number of aryl methyl sites for hydroxylation is 1. The number of benzene rings is 2. The van der Waals surface area contributed by atoms with Gasteiger partial charge in [-0.1, -0.05) is 42.5 Å². The minimum atomic E-state index is -3.66. The van der Waals surface area contributed by atoms with Crippen molar-refractivity contribution in [2.24, 2.45) is 0 Å². The van der Waals surface area contributed by atoms with Crippen LogP contribution in [0.1, 0.15) is 16.7 Å². The third-order valence-electron chi connectivity index (χ3n) is 3.73. The SMILES string of the molecule is Cc1ccccc1-n1cnnc1S(=O)(=O)Cc1ccc(CO)cc1. The van der Waals surface area contributed by atoms with Gasteiger partial charge in [0.15, 0.2) is 0 Å². The van der Waals surface area contributed by atoms with Crippen molar-refractivity contribution in [3.05, 3.63) is 71.5 Å². The fraction of sp³-hybridized carbons (Fsp3) is 0.176. The second kappa shape index (κ2) is 6.54. The highest BCUT2D eigenvalue weighted by atomic mass is 32.2. The van der Waals surface area contributed by atoms with Gasteiger partial charge in [0.1, 0.15) is 6.33 Å². The molecule has 6 nitrogen and oxygen atoms in total. The van der Waals surface area contributed by atoms with Crippen LogP contribution in [0.4, 0.5) is 0 Å². The van der Waals surface area contributed by atoms with Crippen LogP contribution in [0.2, 0.25) is 0 Å². The molecule has 24 heavy (non-hydrogen) atoms. The molecule has 0 spiro atoms. The highest BCUT2D eigenvalue weighted by molar-refractivity contribution is 7.90. The maximum atomic E-state index is 12.7. The smallest absolute Gasteiger partial charge is 0.254 e. The number of aliphatic hydroxyl groups is 1. The van der Waals surface area contributed by atoms with Gasteiger partial charge in [0, 0.05) is 0 Å². The van der Waals surface area contributed by atoms with E-state index in [1.165, 1.54) is 10.9 Å². The van der Waals surface area contributed by atoms with Gasteiger partial charge in [-0.3, -0.25) is 4.57 Å². The number of rotatable bonds is 5. The first-order valence-corrected chi connectivity index (χ1v) is 9.04. The maximum Gasteiger partial charge on any atom is 0.254 e. The van der Waals surface area contributed by atoms with Gasteiger partial charge in [0.2, 0.25) is 9.84 Å². The van der Waals surface area contributed by atoms with Gasteiger partial charge in [-0.25, -0.2) is 8.42 Å². The molecule has 0 bridgehead atoms. The first kappa shape index (κ1) is 16.4. The zero-order valence-electron chi connectivity index (χ0n) is 13.1. The van der Waals surface area contributed by atoms with E-state index in [9.17, 15) is 8.42 Å². The molecule has 124 valence electrons. The van der Waals surface area contributed by atoms with E-state index >= 15 is 0 Å². The second-order valence-corrected chi connectivity index (χ2v) is 7.39. The molecule has 0 unspecified atom stereocenters. The van der Waals surface area contributed by atoms with Crippen molar-refractivity contribution < 1.29 is 13.5 Å². The zero-order chi connectivity index (χ0) is 17.2. The second-order valence-electron chi connectivity index (χ2n) is 5.50. The summed E-state index contributed by atoms with van der Waals surface area (Å²) in [6, 6.07) is 14.3. The molecule has 0 atom stereocenters. The molecule has 0 aliphatic heterocycles. The highest BCUT2D eigenvalue weighted by Crippen LogP contribution is 2.20. The average Bonchev–Trinajstić information content (AvgIpc) is 3.06. The largest absolute Gasteiger partial charge is 0.392 e. The summed E-state index contributed by atoms with van der Waals surface area (Å²) < 4.78 is 27.0. The third kappa shape index (κ3) is 3.22. The molecule has 3 rings (SSSR count). The van der Waals surface area contributed by atoms with Crippen molar-refractivity contribution in [2.45, 2.75) is 24.4 Å². The number of aliphatic hydroxyl groups excluding tert-OH is 1. The molecular weight excluding hydrogens is 326 g/mol. The Labute approximate surface area is 140 Å². The van der Waals surface area contributed by atoms with Crippen LogP contribution < -0.4 is 0 Å².